The third-order valence-corrected chi connectivity index (χ3v) is 3.43. The summed E-state index contributed by atoms with van der Waals surface area (Å²) < 4.78 is 12.8. The van der Waals surface area contributed by atoms with Crippen molar-refractivity contribution < 1.29 is 14.0 Å². The van der Waals surface area contributed by atoms with E-state index >= 15 is 0 Å². The molecule has 0 saturated carbocycles. The molecule has 0 atom stereocenters. The van der Waals surface area contributed by atoms with Crippen molar-refractivity contribution >= 4 is 17.7 Å². The van der Waals surface area contributed by atoms with Crippen molar-refractivity contribution in [3.05, 3.63) is 30.1 Å². The Morgan fingerprint density at radius 2 is 1.81 bits per heavy atom. The molecule has 1 fully saturated rings. The summed E-state index contributed by atoms with van der Waals surface area (Å²) in [5, 5.41) is 8.09. The first-order valence-corrected chi connectivity index (χ1v) is 6.88. The first-order chi connectivity index (χ1) is 10.1. The number of carbonyl (C=O) groups is 2. The number of anilines is 1. The monoisotopic (exact) mass is 294 g/mol. The third-order valence-electron chi connectivity index (χ3n) is 3.43. The SMILES string of the molecule is CNC(=O)N1CCC(NC(=O)Nc2ccc(F)cc2)CC1. The van der Waals surface area contributed by atoms with Crippen LogP contribution in [0.15, 0.2) is 24.3 Å². The maximum absolute atomic E-state index is 12.8. The van der Waals surface area contributed by atoms with E-state index in [-0.39, 0.29) is 23.9 Å². The molecule has 0 unspecified atom stereocenters. The second kappa shape index (κ2) is 6.92. The molecule has 21 heavy (non-hydrogen) atoms. The van der Waals surface area contributed by atoms with Gasteiger partial charge >= 0.3 is 12.1 Å². The summed E-state index contributed by atoms with van der Waals surface area (Å²) >= 11 is 0. The first-order valence-electron chi connectivity index (χ1n) is 6.88. The summed E-state index contributed by atoms with van der Waals surface area (Å²) in [4.78, 5) is 25.0. The van der Waals surface area contributed by atoms with E-state index in [1.165, 1.54) is 24.3 Å². The summed E-state index contributed by atoms with van der Waals surface area (Å²) in [7, 11) is 1.60. The second-order valence-electron chi connectivity index (χ2n) is 4.92. The molecule has 4 amide bonds. The van der Waals surface area contributed by atoms with Gasteiger partial charge in [-0.15, -0.1) is 0 Å². The molecular weight excluding hydrogens is 275 g/mol. The second-order valence-corrected chi connectivity index (χ2v) is 4.92. The number of hydrogen-bond donors (Lipinski definition) is 3. The van der Waals surface area contributed by atoms with E-state index in [4.69, 9.17) is 0 Å². The van der Waals surface area contributed by atoms with Crippen molar-refractivity contribution in [2.24, 2.45) is 0 Å². The van der Waals surface area contributed by atoms with Gasteiger partial charge in [-0.3, -0.25) is 0 Å². The number of carbonyl (C=O) groups excluding carboxylic acids is 2. The van der Waals surface area contributed by atoms with E-state index < -0.39 is 0 Å². The van der Waals surface area contributed by atoms with Crippen LogP contribution in [0.5, 0.6) is 0 Å². The number of urea groups is 2. The Balaban J connectivity index is 1.76. The Morgan fingerprint density at radius 3 is 2.38 bits per heavy atom. The molecule has 1 saturated heterocycles. The molecule has 1 aromatic carbocycles. The van der Waals surface area contributed by atoms with Gasteiger partial charge in [0.1, 0.15) is 5.82 Å². The minimum atomic E-state index is -0.345. The fourth-order valence-corrected chi connectivity index (χ4v) is 2.27. The van der Waals surface area contributed by atoms with Crippen LogP contribution in [-0.4, -0.2) is 43.1 Å². The lowest BCUT2D eigenvalue weighted by molar-refractivity contribution is 0.179. The predicted molar refractivity (Wildman–Crippen MR) is 77.6 cm³/mol. The summed E-state index contributed by atoms with van der Waals surface area (Å²) in [6.45, 7) is 1.22. The fourth-order valence-electron chi connectivity index (χ4n) is 2.27. The molecule has 7 heteroatoms. The highest BCUT2D eigenvalue weighted by Crippen LogP contribution is 2.12. The van der Waals surface area contributed by atoms with Crippen LogP contribution in [0.3, 0.4) is 0 Å². The molecule has 2 rings (SSSR count). The van der Waals surface area contributed by atoms with Gasteiger partial charge in [0.15, 0.2) is 0 Å². The minimum Gasteiger partial charge on any atom is -0.341 e. The quantitative estimate of drug-likeness (QED) is 0.777. The molecule has 3 N–H and O–H groups in total. The smallest absolute Gasteiger partial charge is 0.319 e. The van der Waals surface area contributed by atoms with E-state index in [1.54, 1.807) is 11.9 Å². The van der Waals surface area contributed by atoms with E-state index in [9.17, 15) is 14.0 Å². The van der Waals surface area contributed by atoms with Crippen molar-refractivity contribution in [2.45, 2.75) is 18.9 Å². The van der Waals surface area contributed by atoms with Crippen LogP contribution in [0.25, 0.3) is 0 Å². The van der Waals surface area contributed by atoms with Gasteiger partial charge in [-0.25, -0.2) is 14.0 Å². The number of hydrogen-bond acceptors (Lipinski definition) is 2. The topological polar surface area (TPSA) is 73.5 Å². The lowest BCUT2D eigenvalue weighted by Gasteiger charge is -2.32. The van der Waals surface area contributed by atoms with Crippen molar-refractivity contribution in [1.29, 1.82) is 0 Å². The average molecular weight is 294 g/mol. The number of nitrogens with zero attached hydrogens (tertiary/aromatic N) is 1. The van der Waals surface area contributed by atoms with E-state index in [1.807, 2.05) is 0 Å². The predicted octanol–water partition coefficient (Wildman–Crippen LogP) is 1.75. The normalized spacial score (nSPS) is 15.4. The van der Waals surface area contributed by atoms with E-state index in [0.29, 0.717) is 31.6 Å². The van der Waals surface area contributed by atoms with Crippen molar-refractivity contribution in [3.8, 4) is 0 Å². The molecule has 1 heterocycles. The molecule has 0 aromatic heterocycles. The highest BCUT2D eigenvalue weighted by molar-refractivity contribution is 5.89. The van der Waals surface area contributed by atoms with Gasteiger partial charge in [0.2, 0.25) is 0 Å². The van der Waals surface area contributed by atoms with E-state index in [0.717, 1.165) is 0 Å². The molecule has 114 valence electrons. The highest BCUT2D eigenvalue weighted by Gasteiger charge is 2.23. The maximum atomic E-state index is 12.8. The van der Waals surface area contributed by atoms with Crippen LogP contribution in [0.4, 0.5) is 19.7 Å². The zero-order valence-corrected chi connectivity index (χ0v) is 11.9. The van der Waals surface area contributed by atoms with Crippen LogP contribution in [0, 0.1) is 5.82 Å². The molecule has 0 bridgehead atoms. The summed E-state index contributed by atoms with van der Waals surface area (Å²) in [6.07, 6.45) is 1.43. The van der Waals surface area contributed by atoms with Crippen molar-refractivity contribution in [1.82, 2.24) is 15.5 Å². The zero-order chi connectivity index (χ0) is 15.2. The van der Waals surface area contributed by atoms with Gasteiger partial charge < -0.3 is 20.9 Å². The molecule has 6 nitrogen and oxygen atoms in total. The molecular formula is C14H19FN4O2. The van der Waals surface area contributed by atoms with Gasteiger partial charge in [0, 0.05) is 31.9 Å². The molecule has 0 aliphatic carbocycles. The lowest BCUT2D eigenvalue weighted by Crippen LogP contribution is -2.49. The average Bonchev–Trinajstić information content (AvgIpc) is 2.49. The maximum Gasteiger partial charge on any atom is 0.319 e. The number of halogens is 1. The third kappa shape index (κ3) is 4.34. The molecule has 1 aromatic rings. The van der Waals surface area contributed by atoms with Gasteiger partial charge in [0.25, 0.3) is 0 Å². The van der Waals surface area contributed by atoms with Gasteiger partial charge in [-0.2, -0.15) is 0 Å². The summed E-state index contributed by atoms with van der Waals surface area (Å²) in [5.41, 5.74) is 0.539. The number of piperidine rings is 1. The van der Waals surface area contributed by atoms with E-state index in [2.05, 4.69) is 16.0 Å². The largest absolute Gasteiger partial charge is 0.341 e. The molecule has 0 radical (unpaired) electrons. The van der Waals surface area contributed by atoms with Crippen LogP contribution >= 0.6 is 0 Å². The number of rotatable bonds is 2. The van der Waals surface area contributed by atoms with Crippen molar-refractivity contribution in [2.75, 3.05) is 25.5 Å². The Kier molecular flexibility index (Phi) is 4.97. The number of likely N-dealkylation sites (tertiary alicyclic amines) is 1. The van der Waals surface area contributed by atoms with Crippen LogP contribution in [0.2, 0.25) is 0 Å². The molecule has 1 aliphatic rings. The molecule has 0 spiro atoms. The Morgan fingerprint density at radius 1 is 1.19 bits per heavy atom. The number of amides is 4. The minimum absolute atomic E-state index is 0.0337. The number of nitrogens with one attached hydrogen (secondary N) is 3. The van der Waals surface area contributed by atoms with Crippen LogP contribution < -0.4 is 16.0 Å². The highest BCUT2D eigenvalue weighted by atomic mass is 19.1. The molecule has 1 aliphatic heterocycles. The Labute approximate surface area is 122 Å². The number of benzene rings is 1. The summed E-state index contributed by atoms with van der Waals surface area (Å²) in [6, 6.07) is 5.21. The zero-order valence-electron chi connectivity index (χ0n) is 11.9. The van der Waals surface area contributed by atoms with Gasteiger partial charge in [0.05, 0.1) is 0 Å². The Hall–Kier alpha value is -2.31. The van der Waals surface area contributed by atoms with Gasteiger partial charge in [-0.1, -0.05) is 0 Å². The fraction of sp³-hybridized carbons (Fsp3) is 0.429. The Bertz CT molecular complexity index is 498. The summed E-state index contributed by atoms with van der Waals surface area (Å²) in [5.74, 6) is -0.345. The first kappa shape index (κ1) is 15.1. The standard InChI is InChI=1S/C14H19FN4O2/c1-16-14(21)19-8-6-12(7-9-19)18-13(20)17-11-4-2-10(15)3-5-11/h2-5,12H,6-9H2,1H3,(H,16,21)(H2,17,18,20). The van der Waals surface area contributed by atoms with Crippen LogP contribution in [-0.2, 0) is 0 Å². The van der Waals surface area contributed by atoms with Crippen molar-refractivity contribution in [3.63, 3.8) is 0 Å². The lowest BCUT2D eigenvalue weighted by atomic mass is 10.1. The van der Waals surface area contributed by atoms with Gasteiger partial charge in [-0.05, 0) is 37.1 Å². The van der Waals surface area contributed by atoms with Crippen LogP contribution in [0.1, 0.15) is 12.8 Å².